The number of carbonyl (C=O) groups is 2. The van der Waals surface area contributed by atoms with Gasteiger partial charge >= 0.3 is 0 Å². The van der Waals surface area contributed by atoms with E-state index in [0.29, 0.717) is 18.7 Å². The lowest BCUT2D eigenvalue weighted by molar-refractivity contribution is -0.126. The lowest BCUT2D eigenvalue weighted by Crippen LogP contribution is -2.41. The maximum atomic E-state index is 12.2. The molecule has 3 aromatic carbocycles. The highest BCUT2D eigenvalue weighted by molar-refractivity contribution is 7.93. The van der Waals surface area contributed by atoms with Crippen LogP contribution in [-0.4, -0.2) is 32.5 Å². The number of nitrogens with one attached hydrogen (secondary N) is 2. The summed E-state index contributed by atoms with van der Waals surface area (Å²) < 4.78 is 25.4. The van der Waals surface area contributed by atoms with Gasteiger partial charge in [-0.15, -0.1) is 0 Å². The van der Waals surface area contributed by atoms with Crippen molar-refractivity contribution in [3.8, 4) is 0 Å². The Hall–Kier alpha value is -3.65. The van der Waals surface area contributed by atoms with Gasteiger partial charge in [0.05, 0.1) is 17.9 Å². The number of rotatable bonds is 5. The van der Waals surface area contributed by atoms with E-state index in [-0.39, 0.29) is 18.1 Å². The van der Waals surface area contributed by atoms with Crippen LogP contribution in [0.25, 0.3) is 16.8 Å². The van der Waals surface area contributed by atoms with Gasteiger partial charge in [-0.3, -0.25) is 24.7 Å². The third-order valence-corrected chi connectivity index (χ3v) is 7.13. The molecule has 2 N–H and O–H groups in total. The highest BCUT2D eigenvalue weighted by Gasteiger charge is 2.28. The summed E-state index contributed by atoms with van der Waals surface area (Å²) in [7, 11) is -3.22. The van der Waals surface area contributed by atoms with E-state index in [2.05, 4.69) is 10.9 Å². The smallest absolute Gasteiger partial charge is 0.262 e. The Bertz CT molecular complexity index is 1280. The summed E-state index contributed by atoms with van der Waals surface area (Å²) in [4.78, 5) is 24.3. The van der Waals surface area contributed by atoms with Crippen molar-refractivity contribution in [3.63, 3.8) is 0 Å². The van der Waals surface area contributed by atoms with Crippen LogP contribution in [0.1, 0.15) is 17.5 Å². The standard InChI is InChI=1S/C24H23N3O4S/c28-23(14-11-18-9-12-21(13-10-18)27-15-4-16-32(27,30)31)25-26-24(29)17-20-7-3-6-19-5-1-2-8-22(19)20/h1-3,5-14H,4,15-17H2,(H,25,28)(H,26,29)/b14-11+. The molecule has 0 bridgehead atoms. The molecule has 0 aliphatic carbocycles. The van der Waals surface area contributed by atoms with Crippen LogP contribution in [0.3, 0.4) is 0 Å². The van der Waals surface area contributed by atoms with Gasteiger partial charge in [0.2, 0.25) is 15.9 Å². The largest absolute Gasteiger partial charge is 0.273 e. The zero-order valence-corrected chi connectivity index (χ0v) is 18.1. The highest BCUT2D eigenvalue weighted by atomic mass is 32.2. The quantitative estimate of drug-likeness (QED) is 0.463. The molecule has 2 amide bonds. The summed E-state index contributed by atoms with van der Waals surface area (Å²) in [5.74, 6) is -0.622. The number of benzene rings is 3. The molecule has 1 heterocycles. The van der Waals surface area contributed by atoms with Gasteiger partial charge in [0.15, 0.2) is 0 Å². The maximum absolute atomic E-state index is 12.2. The van der Waals surface area contributed by atoms with Crippen LogP contribution in [0, 0.1) is 0 Å². The molecule has 1 aliphatic rings. The van der Waals surface area contributed by atoms with E-state index in [0.717, 1.165) is 21.9 Å². The molecule has 7 nitrogen and oxygen atoms in total. The zero-order chi connectivity index (χ0) is 22.6. The Morgan fingerprint density at radius 3 is 2.44 bits per heavy atom. The van der Waals surface area contributed by atoms with Crippen molar-refractivity contribution in [1.29, 1.82) is 0 Å². The first-order chi connectivity index (χ1) is 15.4. The minimum absolute atomic E-state index is 0.145. The van der Waals surface area contributed by atoms with Gasteiger partial charge in [-0.25, -0.2) is 8.42 Å². The monoisotopic (exact) mass is 449 g/mol. The zero-order valence-electron chi connectivity index (χ0n) is 17.3. The first kappa shape index (κ1) is 21.6. The second kappa shape index (κ2) is 9.23. The molecular weight excluding hydrogens is 426 g/mol. The normalized spacial score (nSPS) is 15.2. The van der Waals surface area contributed by atoms with Crippen molar-refractivity contribution < 1.29 is 18.0 Å². The SMILES string of the molecule is O=C(/C=C/c1ccc(N2CCCS2(=O)=O)cc1)NNC(=O)Cc1cccc2ccccc12. The van der Waals surface area contributed by atoms with E-state index in [9.17, 15) is 18.0 Å². The van der Waals surface area contributed by atoms with Crippen LogP contribution in [0.15, 0.2) is 72.8 Å². The number of anilines is 1. The molecule has 3 aromatic rings. The molecular formula is C24H23N3O4S. The maximum Gasteiger partial charge on any atom is 0.262 e. The Balaban J connectivity index is 1.30. The number of hydrazine groups is 1. The van der Waals surface area contributed by atoms with Crippen LogP contribution < -0.4 is 15.2 Å². The Morgan fingerprint density at radius 1 is 0.938 bits per heavy atom. The molecule has 4 rings (SSSR count). The molecule has 0 atom stereocenters. The van der Waals surface area contributed by atoms with E-state index in [1.807, 2.05) is 42.5 Å². The van der Waals surface area contributed by atoms with E-state index >= 15 is 0 Å². The number of amides is 2. The summed E-state index contributed by atoms with van der Waals surface area (Å²) in [6.45, 7) is 0.485. The van der Waals surface area contributed by atoms with Crippen LogP contribution >= 0.6 is 0 Å². The first-order valence-corrected chi connectivity index (χ1v) is 11.9. The van der Waals surface area contributed by atoms with Gasteiger partial charge < -0.3 is 0 Å². The summed E-state index contributed by atoms with van der Waals surface area (Å²) in [5, 5.41) is 2.06. The number of hydrogen-bond acceptors (Lipinski definition) is 4. The van der Waals surface area contributed by atoms with Crippen molar-refractivity contribution in [1.82, 2.24) is 10.9 Å². The van der Waals surface area contributed by atoms with Gasteiger partial charge in [-0.05, 0) is 46.5 Å². The minimum atomic E-state index is -3.22. The fourth-order valence-electron chi connectivity index (χ4n) is 3.69. The third-order valence-electron chi connectivity index (χ3n) is 5.26. The summed E-state index contributed by atoms with van der Waals surface area (Å²) in [5.41, 5.74) is 7.03. The lowest BCUT2D eigenvalue weighted by atomic mass is 10.0. The fourth-order valence-corrected chi connectivity index (χ4v) is 5.25. The molecule has 0 saturated carbocycles. The van der Waals surface area contributed by atoms with Crippen molar-refractivity contribution in [2.24, 2.45) is 0 Å². The molecule has 1 aliphatic heterocycles. The van der Waals surface area contributed by atoms with Crippen molar-refractivity contribution in [2.45, 2.75) is 12.8 Å². The van der Waals surface area contributed by atoms with E-state index < -0.39 is 15.9 Å². The summed E-state index contributed by atoms with van der Waals surface area (Å²) >= 11 is 0. The van der Waals surface area contributed by atoms with Gasteiger partial charge in [-0.1, -0.05) is 54.6 Å². The van der Waals surface area contributed by atoms with Gasteiger partial charge in [0, 0.05) is 12.6 Å². The average molecular weight is 450 g/mol. The minimum Gasteiger partial charge on any atom is -0.273 e. The number of carbonyl (C=O) groups excluding carboxylic acids is 2. The molecule has 0 aromatic heterocycles. The number of hydrogen-bond donors (Lipinski definition) is 2. The Kier molecular flexibility index (Phi) is 6.23. The van der Waals surface area contributed by atoms with Crippen LogP contribution in [0.4, 0.5) is 5.69 Å². The van der Waals surface area contributed by atoms with Crippen LogP contribution in [-0.2, 0) is 26.0 Å². The second-order valence-electron chi connectivity index (χ2n) is 7.52. The van der Waals surface area contributed by atoms with Crippen molar-refractivity contribution >= 4 is 44.4 Å². The predicted molar refractivity (Wildman–Crippen MR) is 125 cm³/mol. The van der Waals surface area contributed by atoms with Crippen molar-refractivity contribution in [3.05, 3.63) is 83.9 Å². The molecule has 0 radical (unpaired) electrons. The predicted octanol–water partition coefficient (Wildman–Crippen LogP) is 2.78. The summed E-state index contributed by atoms with van der Waals surface area (Å²) in [6.07, 6.45) is 3.66. The molecule has 8 heteroatoms. The van der Waals surface area contributed by atoms with Crippen LogP contribution in [0.2, 0.25) is 0 Å². The number of sulfonamides is 1. The van der Waals surface area contributed by atoms with Gasteiger partial charge in [-0.2, -0.15) is 0 Å². The Labute approximate surface area is 186 Å². The number of fused-ring (bicyclic) bond motifs is 1. The van der Waals surface area contributed by atoms with Crippen LogP contribution in [0.5, 0.6) is 0 Å². The molecule has 1 fully saturated rings. The first-order valence-electron chi connectivity index (χ1n) is 10.3. The molecule has 0 spiro atoms. The molecule has 0 unspecified atom stereocenters. The van der Waals surface area contributed by atoms with E-state index in [1.165, 1.54) is 10.4 Å². The summed E-state index contributed by atoms with van der Waals surface area (Å²) in [6, 6.07) is 20.5. The molecule has 1 saturated heterocycles. The van der Waals surface area contributed by atoms with Gasteiger partial charge in [0.1, 0.15) is 0 Å². The third kappa shape index (κ3) is 4.97. The molecule has 32 heavy (non-hydrogen) atoms. The van der Waals surface area contributed by atoms with Gasteiger partial charge in [0.25, 0.3) is 5.91 Å². The Morgan fingerprint density at radius 2 is 1.69 bits per heavy atom. The number of nitrogens with zero attached hydrogens (tertiary/aromatic N) is 1. The fraction of sp³-hybridized carbons (Fsp3) is 0.167. The lowest BCUT2D eigenvalue weighted by Gasteiger charge is -2.16. The highest BCUT2D eigenvalue weighted by Crippen LogP contribution is 2.24. The topological polar surface area (TPSA) is 95.6 Å². The van der Waals surface area contributed by atoms with E-state index in [4.69, 9.17) is 0 Å². The molecule has 164 valence electrons. The van der Waals surface area contributed by atoms with Crippen molar-refractivity contribution in [2.75, 3.05) is 16.6 Å². The van der Waals surface area contributed by atoms with E-state index in [1.54, 1.807) is 30.3 Å². The second-order valence-corrected chi connectivity index (χ2v) is 9.53. The average Bonchev–Trinajstić information content (AvgIpc) is 3.16.